The molecule has 8 heteroatoms. The van der Waals surface area contributed by atoms with Crippen molar-refractivity contribution in [3.8, 4) is 5.75 Å². The van der Waals surface area contributed by atoms with Crippen LogP contribution in [0.5, 0.6) is 5.75 Å². The molecule has 2 rings (SSSR count). The number of amides is 2. The van der Waals surface area contributed by atoms with E-state index in [9.17, 15) is 22.8 Å². The fourth-order valence-electron chi connectivity index (χ4n) is 2.46. The SMILES string of the molecule is COc1ccccc1CC(=O)N1CCN(C(=O)C(F)(F)F)CC1. The number of benzene rings is 1. The molecule has 126 valence electrons. The van der Waals surface area contributed by atoms with Gasteiger partial charge in [0, 0.05) is 31.7 Å². The summed E-state index contributed by atoms with van der Waals surface area (Å²) in [6, 6.07) is 7.07. The molecule has 0 bridgehead atoms. The highest BCUT2D eigenvalue weighted by molar-refractivity contribution is 5.83. The zero-order valence-corrected chi connectivity index (χ0v) is 12.6. The van der Waals surface area contributed by atoms with Crippen LogP contribution in [0, 0.1) is 0 Å². The topological polar surface area (TPSA) is 49.9 Å². The van der Waals surface area contributed by atoms with Crippen molar-refractivity contribution in [1.82, 2.24) is 9.80 Å². The van der Waals surface area contributed by atoms with Crippen molar-refractivity contribution in [3.05, 3.63) is 29.8 Å². The lowest BCUT2D eigenvalue weighted by molar-refractivity contribution is -0.187. The minimum atomic E-state index is -4.87. The second-order valence-corrected chi connectivity index (χ2v) is 5.16. The molecule has 2 amide bonds. The monoisotopic (exact) mass is 330 g/mol. The maximum Gasteiger partial charge on any atom is 0.471 e. The number of alkyl halides is 3. The average Bonchev–Trinajstić information content (AvgIpc) is 2.54. The Morgan fingerprint density at radius 1 is 1.09 bits per heavy atom. The molecular weight excluding hydrogens is 313 g/mol. The van der Waals surface area contributed by atoms with Crippen molar-refractivity contribution in [1.29, 1.82) is 0 Å². The smallest absolute Gasteiger partial charge is 0.471 e. The summed E-state index contributed by atoms with van der Waals surface area (Å²) < 4.78 is 42.3. The van der Waals surface area contributed by atoms with Crippen LogP contribution in [0.3, 0.4) is 0 Å². The van der Waals surface area contributed by atoms with E-state index < -0.39 is 12.1 Å². The molecule has 0 atom stereocenters. The van der Waals surface area contributed by atoms with Crippen molar-refractivity contribution in [2.75, 3.05) is 33.3 Å². The third-order valence-electron chi connectivity index (χ3n) is 3.70. The Balaban J connectivity index is 1.92. The summed E-state index contributed by atoms with van der Waals surface area (Å²) >= 11 is 0. The molecule has 1 aliphatic rings. The van der Waals surface area contributed by atoms with Crippen LogP contribution in [0.15, 0.2) is 24.3 Å². The molecule has 23 heavy (non-hydrogen) atoms. The normalized spacial score (nSPS) is 15.5. The average molecular weight is 330 g/mol. The predicted molar refractivity (Wildman–Crippen MR) is 75.9 cm³/mol. The van der Waals surface area contributed by atoms with E-state index in [4.69, 9.17) is 4.74 Å². The van der Waals surface area contributed by atoms with E-state index in [0.29, 0.717) is 11.3 Å². The molecule has 1 aromatic rings. The highest BCUT2D eigenvalue weighted by Crippen LogP contribution is 2.21. The van der Waals surface area contributed by atoms with Gasteiger partial charge in [0.05, 0.1) is 13.5 Å². The summed E-state index contributed by atoms with van der Waals surface area (Å²) in [6.45, 7) is -0.0440. The number of ether oxygens (including phenoxy) is 1. The molecule has 0 spiro atoms. The molecule has 1 aliphatic heterocycles. The Kier molecular flexibility index (Phi) is 5.12. The van der Waals surface area contributed by atoms with Gasteiger partial charge < -0.3 is 14.5 Å². The summed E-state index contributed by atoms with van der Waals surface area (Å²) in [5, 5.41) is 0. The van der Waals surface area contributed by atoms with Gasteiger partial charge >= 0.3 is 12.1 Å². The zero-order chi connectivity index (χ0) is 17.0. The largest absolute Gasteiger partial charge is 0.496 e. The van der Waals surface area contributed by atoms with Crippen molar-refractivity contribution in [2.45, 2.75) is 12.6 Å². The number of para-hydroxylation sites is 1. The number of halogens is 3. The van der Waals surface area contributed by atoms with Crippen LogP contribution < -0.4 is 4.74 Å². The first-order valence-corrected chi connectivity index (χ1v) is 7.08. The maximum absolute atomic E-state index is 12.4. The highest BCUT2D eigenvalue weighted by Gasteiger charge is 2.43. The van der Waals surface area contributed by atoms with Crippen LogP contribution in [0.25, 0.3) is 0 Å². The first kappa shape index (κ1) is 17.1. The lowest BCUT2D eigenvalue weighted by Gasteiger charge is -2.35. The number of nitrogens with zero attached hydrogens (tertiary/aromatic N) is 2. The minimum absolute atomic E-state index is 0.0931. The van der Waals surface area contributed by atoms with Gasteiger partial charge in [0.1, 0.15) is 5.75 Å². The van der Waals surface area contributed by atoms with Gasteiger partial charge in [0.2, 0.25) is 5.91 Å². The Morgan fingerprint density at radius 3 is 2.22 bits per heavy atom. The Bertz CT molecular complexity index is 582. The fraction of sp³-hybridized carbons (Fsp3) is 0.467. The third kappa shape index (κ3) is 4.14. The van der Waals surface area contributed by atoms with E-state index in [-0.39, 0.29) is 38.5 Å². The van der Waals surface area contributed by atoms with E-state index >= 15 is 0 Å². The summed E-state index contributed by atoms with van der Waals surface area (Å²) in [5.74, 6) is -1.46. The number of piperazine rings is 1. The molecule has 5 nitrogen and oxygen atoms in total. The number of methoxy groups -OCH3 is 1. The number of carbonyl (C=O) groups excluding carboxylic acids is 2. The summed E-state index contributed by atoms with van der Waals surface area (Å²) in [7, 11) is 1.50. The van der Waals surface area contributed by atoms with Crippen LogP contribution in [-0.2, 0) is 16.0 Å². The lowest BCUT2D eigenvalue weighted by Crippen LogP contribution is -2.53. The lowest BCUT2D eigenvalue weighted by atomic mass is 10.1. The molecule has 1 fully saturated rings. The first-order chi connectivity index (χ1) is 10.8. The van der Waals surface area contributed by atoms with E-state index in [0.717, 1.165) is 4.90 Å². The van der Waals surface area contributed by atoms with Gasteiger partial charge in [-0.25, -0.2) is 0 Å². The fourth-order valence-corrected chi connectivity index (χ4v) is 2.46. The second kappa shape index (κ2) is 6.89. The van der Waals surface area contributed by atoms with E-state index in [2.05, 4.69) is 0 Å². The van der Waals surface area contributed by atoms with Crippen LogP contribution in [0.4, 0.5) is 13.2 Å². The molecule has 0 aliphatic carbocycles. The van der Waals surface area contributed by atoms with E-state index in [1.807, 2.05) is 0 Å². The summed E-state index contributed by atoms with van der Waals surface area (Å²) in [5.41, 5.74) is 0.716. The van der Waals surface area contributed by atoms with Crippen molar-refractivity contribution in [2.24, 2.45) is 0 Å². The Labute approximate surface area is 131 Å². The van der Waals surface area contributed by atoms with Crippen LogP contribution >= 0.6 is 0 Å². The number of rotatable bonds is 3. The van der Waals surface area contributed by atoms with Crippen molar-refractivity contribution < 1.29 is 27.5 Å². The van der Waals surface area contributed by atoms with Gasteiger partial charge in [-0.3, -0.25) is 9.59 Å². The van der Waals surface area contributed by atoms with E-state index in [1.165, 1.54) is 12.0 Å². The maximum atomic E-state index is 12.4. The molecular formula is C15H17F3N2O3. The predicted octanol–water partition coefficient (Wildman–Crippen LogP) is 1.47. The molecule has 0 saturated carbocycles. The van der Waals surface area contributed by atoms with Gasteiger partial charge in [0.25, 0.3) is 0 Å². The van der Waals surface area contributed by atoms with Crippen LogP contribution in [-0.4, -0.2) is 61.1 Å². The van der Waals surface area contributed by atoms with Gasteiger partial charge in [-0.1, -0.05) is 18.2 Å². The number of carbonyl (C=O) groups is 2. The van der Waals surface area contributed by atoms with Crippen LogP contribution in [0.1, 0.15) is 5.56 Å². The highest BCUT2D eigenvalue weighted by atomic mass is 19.4. The minimum Gasteiger partial charge on any atom is -0.496 e. The van der Waals surface area contributed by atoms with Crippen molar-refractivity contribution in [3.63, 3.8) is 0 Å². The number of hydrogen-bond acceptors (Lipinski definition) is 3. The molecule has 1 saturated heterocycles. The molecule has 1 aromatic carbocycles. The second-order valence-electron chi connectivity index (χ2n) is 5.16. The summed E-state index contributed by atoms with van der Waals surface area (Å²) in [4.78, 5) is 25.6. The molecule has 0 N–H and O–H groups in total. The van der Waals surface area contributed by atoms with Gasteiger partial charge in [-0.15, -0.1) is 0 Å². The Hall–Kier alpha value is -2.25. The quantitative estimate of drug-likeness (QED) is 0.843. The summed E-state index contributed by atoms with van der Waals surface area (Å²) in [6.07, 6.45) is -4.76. The van der Waals surface area contributed by atoms with E-state index in [1.54, 1.807) is 24.3 Å². The van der Waals surface area contributed by atoms with Gasteiger partial charge in [-0.05, 0) is 6.07 Å². The molecule has 0 radical (unpaired) electrons. The standard InChI is InChI=1S/C15H17F3N2O3/c1-23-12-5-3-2-4-11(12)10-13(21)19-6-8-20(9-7-19)14(22)15(16,17)18/h2-5H,6-10H2,1H3. The molecule has 1 heterocycles. The first-order valence-electron chi connectivity index (χ1n) is 7.08. The number of hydrogen-bond donors (Lipinski definition) is 0. The van der Waals surface area contributed by atoms with Crippen LogP contribution in [0.2, 0.25) is 0 Å². The molecule has 0 aromatic heterocycles. The van der Waals surface area contributed by atoms with Crippen molar-refractivity contribution >= 4 is 11.8 Å². The zero-order valence-electron chi connectivity index (χ0n) is 12.6. The van der Waals surface area contributed by atoms with Gasteiger partial charge in [0.15, 0.2) is 0 Å². The Morgan fingerprint density at radius 2 is 1.65 bits per heavy atom. The van der Waals surface area contributed by atoms with Gasteiger partial charge in [-0.2, -0.15) is 13.2 Å². The third-order valence-corrected chi connectivity index (χ3v) is 3.70. The molecule has 0 unspecified atom stereocenters.